The Bertz CT molecular complexity index is 396. The number of carbonyl (C=O) groups is 1. The molecular weight excluding hydrogens is 256 g/mol. The normalized spacial score (nSPS) is 10.2. The van der Waals surface area contributed by atoms with Crippen LogP contribution in [-0.2, 0) is 9.53 Å². The highest BCUT2D eigenvalue weighted by Gasteiger charge is 2.01. The Kier molecular flexibility index (Phi) is 8.22. The van der Waals surface area contributed by atoms with Crippen molar-refractivity contribution in [2.45, 2.75) is 26.2 Å². The molecule has 0 aromatic heterocycles. The van der Waals surface area contributed by atoms with Crippen molar-refractivity contribution < 1.29 is 14.3 Å². The van der Waals surface area contributed by atoms with Gasteiger partial charge in [-0.25, -0.2) is 0 Å². The number of nitrogen functional groups attached to an aromatic ring is 1. The zero-order valence-electron chi connectivity index (χ0n) is 12.1. The molecule has 0 spiro atoms. The maximum Gasteiger partial charge on any atom is 0.223 e. The molecule has 0 fully saturated rings. The standard InChI is InChI=1S/C15H24N2O3/c1-2-9-19-10-4-8-17-15(18)7-11-20-14-6-3-5-13(16)12-14/h3,5-6,12H,2,4,7-11,16H2,1H3,(H,17,18). The summed E-state index contributed by atoms with van der Waals surface area (Å²) in [5.74, 6) is 0.676. The van der Waals surface area contributed by atoms with Gasteiger partial charge >= 0.3 is 0 Å². The lowest BCUT2D eigenvalue weighted by atomic mass is 10.3. The minimum Gasteiger partial charge on any atom is -0.493 e. The van der Waals surface area contributed by atoms with Crippen LogP contribution in [0.1, 0.15) is 26.2 Å². The third-order valence-corrected chi connectivity index (χ3v) is 2.59. The Morgan fingerprint density at radius 1 is 1.30 bits per heavy atom. The predicted molar refractivity (Wildman–Crippen MR) is 79.7 cm³/mol. The quantitative estimate of drug-likeness (QED) is 0.507. The van der Waals surface area contributed by atoms with Crippen LogP contribution >= 0.6 is 0 Å². The first-order valence-electron chi connectivity index (χ1n) is 7.05. The molecule has 3 N–H and O–H groups in total. The van der Waals surface area contributed by atoms with Gasteiger partial charge in [-0.05, 0) is 25.0 Å². The van der Waals surface area contributed by atoms with Gasteiger partial charge in [0, 0.05) is 31.5 Å². The minimum atomic E-state index is -0.00982. The van der Waals surface area contributed by atoms with E-state index in [4.69, 9.17) is 15.2 Å². The number of hydrogen-bond acceptors (Lipinski definition) is 4. The topological polar surface area (TPSA) is 73.6 Å². The van der Waals surface area contributed by atoms with Crippen LogP contribution in [0.15, 0.2) is 24.3 Å². The van der Waals surface area contributed by atoms with Gasteiger partial charge in [-0.2, -0.15) is 0 Å². The summed E-state index contributed by atoms with van der Waals surface area (Å²) in [6, 6.07) is 7.17. The van der Waals surface area contributed by atoms with Gasteiger partial charge in [0.1, 0.15) is 5.75 Å². The largest absolute Gasteiger partial charge is 0.493 e. The number of carbonyl (C=O) groups excluding carboxylic acids is 1. The molecule has 0 saturated heterocycles. The molecular formula is C15H24N2O3. The van der Waals surface area contributed by atoms with E-state index >= 15 is 0 Å². The van der Waals surface area contributed by atoms with Crippen LogP contribution in [0.25, 0.3) is 0 Å². The number of nitrogens with one attached hydrogen (secondary N) is 1. The van der Waals surface area contributed by atoms with E-state index in [0.717, 1.165) is 19.4 Å². The first-order chi connectivity index (χ1) is 9.72. The van der Waals surface area contributed by atoms with Gasteiger partial charge in [0.25, 0.3) is 0 Å². The van der Waals surface area contributed by atoms with Crippen molar-refractivity contribution >= 4 is 11.6 Å². The molecule has 0 radical (unpaired) electrons. The smallest absolute Gasteiger partial charge is 0.223 e. The number of hydrogen-bond donors (Lipinski definition) is 2. The Balaban J connectivity index is 2.03. The number of anilines is 1. The fourth-order valence-corrected chi connectivity index (χ4v) is 1.60. The van der Waals surface area contributed by atoms with Gasteiger partial charge < -0.3 is 20.5 Å². The molecule has 1 aromatic carbocycles. The molecule has 1 amide bonds. The van der Waals surface area contributed by atoms with Gasteiger partial charge in [-0.15, -0.1) is 0 Å². The Labute approximate surface area is 120 Å². The Morgan fingerprint density at radius 2 is 2.15 bits per heavy atom. The summed E-state index contributed by atoms with van der Waals surface area (Å²) in [6.07, 6.45) is 2.19. The van der Waals surface area contributed by atoms with Gasteiger partial charge in [-0.3, -0.25) is 4.79 Å². The van der Waals surface area contributed by atoms with E-state index in [1.54, 1.807) is 12.1 Å². The van der Waals surface area contributed by atoms with E-state index < -0.39 is 0 Å². The molecule has 0 bridgehead atoms. The van der Waals surface area contributed by atoms with Crippen LogP contribution in [-0.4, -0.2) is 32.3 Å². The summed E-state index contributed by atoms with van der Waals surface area (Å²) in [5, 5.41) is 2.83. The maximum absolute atomic E-state index is 11.5. The monoisotopic (exact) mass is 280 g/mol. The van der Waals surface area contributed by atoms with Crippen molar-refractivity contribution in [3.8, 4) is 5.75 Å². The molecule has 0 aliphatic heterocycles. The van der Waals surface area contributed by atoms with Crippen molar-refractivity contribution in [2.75, 3.05) is 32.1 Å². The predicted octanol–water partition coefficient (Wildman–Crippen LogP) is 1.97. The van der Waals surface area contributed by atoms with Crippen LogP contribution in [0, 0.1) is 0 Å². The van der Waals surface area contributed by atoms with E-state index in [2.05, 4.69) is 12.2 Å². The van der Waals surface area contributed by atoms with Crippen molar-refractivity contribution in [3.05, 3.63) is 24.3 Å². The SMILES string of the molecule is CCCOCCCNC(=O)CCOc1cccc(N)c1. The van der Waals surface area contributed by atoms with E-state index in [1.165, 1.54) is 0 Å². The van der Waals surface area contributed by atoms with Crippen LogP contribution < -0.4 is 15.8 Å². The Hall–Kier alpha value is -1.75. The lowest BCUT2D eigenvalue weighted by Crippen LogP contribution is -2.26. The number of ether oxygens (including phenoxy) is 2. The second-order valence-corrected chi connectivity index (χ2v) is 4.49. The molecule has 0 heterocycles. The molecule has 0 unspecified atom stereocenters. The molecule has 20 heavy (non-hydrogen) atoms. The van der Waals surface area contributed by atoms with Gasteiger partial charge in [-0.1, -0.05) is 13.0 Å². The van der Waals surface area contributed by atoms with Crippen LogP contribution in [0.5, 0.6) is 5.75 Å². The molecule has 1 rings (SSSR count). The minimum absolute atomic E-state index is 0.00982. The molecule has 5 heteroatoms. The van der Waals surface area contributed by atoms with Crippen LogP contribution in [0.4, 0.5) is 5.69 Å². The number of nitrogens with two attached hydrogens (primary N) is 1. The second kappa shape index (κ2) is 10.1. The summed E-state index contributed by atoms with van der Waals surface area (Å²) in [5.41, 5.74) is 6.29. The second-order valence-electron chi connectivity index (χ2n) is 4.49. The fourth-order valence-electron chi connectivity index (χ4n) is 1.60. The van der Waals surface area contributed by atoms with Crippen molar-refractivity contribution in [1.29, 1.82) is 0 Å². The number of benzene rings is 1. The highest BCUT2D eigenvalue weighted by atomic mass is 16.5. The summed E-state index contributed by atoms with van der Waals surface area (Å²) < 4.78 is 10.8. The summed E-state index contributed by atoms with van der Waals surface area (Å²) in [6.45, 7) is 4.53. The first-order valence-corrected chi connectivity index (χ1v) is 7.05. The summed E-state index contributed by atoms with van der Waals surface area (Å²) in [7, 11) is 0. The fraction of sp³-hybridized carbons (Fsp3) is 0.533. The van der Waals surface area contributed by atoms with Crippen molar-refractivity contribution in [2.24, 2.45) is 0 Å². The van der Waals surface area contributed by atoms with Crippen molar-refractivity contribution in [1.82, 2.24) is 5.32 Å². The van der Waals surface area contributed by atoms with Gasteiger partial charge in [0.15, 0.2) is 0 Å². The van der Waals surface area contributed by atoms with E-state index in [-0.39, 0.29) is 5.91 Å². The Morgan fingerprint density at radius 3 is 2.90 bits per heavy atom. The molecule has 0 saturated carbocycles. The molecule has 1 aromatic rings. The number of amides is 1. The molecule has 0 aliphatic carbocycles. The molecule has 5 nitrogen and oxygen atoms in total. The lowest BCUT2D eigenvalue weighted by Gasteiger charge is -2.08. The van der Waals surface area contributed by atoms with E-state index in [1.807, 2.05) is 12.1 Å². The molecule has 112 valence electrons. The number of rotatable bonds is 10. The van der Waals surface area contributed by atoms with Gasteiger partial charge in [0.2, 0.25) is 5.91 Å². The van der Waals surface area contributed by atoms with Crippen LogP contribution in [0.3, 0.4) is 0 Å². The third kappa shape index (κ3) is 7.63. The maximum atomic E-state index is 11.5. The van der Waals surface area contributed by atoms with Gasteiger partial charge in [0.05, 0.1) is 13.0 Å². The van der Waals surface area contributed by atoms with E-state index in [9.17, 15) is 4.79 Å². The lowest BCUT2D eigenvalue weighted by molar-refractivity contribution is -0.121. The zero-order valence-corrected chi connectivity index (χ0v) is 12.1. The zero-order chi connectivity index (χ0) is 14.6. The summed E-state index contributed by atoms with van der Waals surface area (Å²) >= 11 is 0. The highest BCUT2D eigenvalue weighted by Crippen LogP contribution is 2.14. The molecule has 0 atom stereocenters. The van der Waals surface area contributed by atoms with Crippen LogP contribution in [0.2, 0.25) is 0 Å². The molecule has 0 aliphatic rings. The first kappa shape index (κ1) is 16.3. The third-order valence-electron chi connectivity index (χ3n) is 2.59. The highest BCUT2D eigenvalue weighted by molar-refractivity contribution is 5.75. The summed E-state index contributed by atoms with van der Waals surface area (Å²) in [4.78, 5) is 11.5. The van der Waals surface area contributed by atoms with E-state index in [0.29, 0.717) is 37.6 Å². The average Bonchev–Trinajstić information content (AvgIpc) is 2.43. The van der Waals surface area contributed by atoms with Crippen molar-refractivity contribution in [3.63, 3.8) is 0 Å². The average molecular weight is 280 g/mol.